The first-order valence-corrected chi connectivity index (χ1v) is 12.0. The lowest BCUT2D eigenvalue weighted by molar-refractivity contribution is -0.155. The molecule has 180 valence electrons. The van der Waals surface area contributed by atoms with Gasteiger partial charge in [-0.1, -0.05) is 11.6 Å². The summed E-state index contributed by atoms with van der Waals surface area (Å²) < 4.78 is 9.52. The number of halogens is 1. The lowest BCUT2D eigenvalue weighted by Gasteiger charge is -2.28. The maximum atomic E-state index is 12.3. The van der Waals surface area contributed by atoms with E-state index in [0.29, 0.717) is 30.0 Å². The predicted octanol–water partition coefficient (Wildman–Crippen LogP) is 5.20. The van der Waals surface area contributed by atoms with Gasteiger partial charge in [-0.15, -0.1) is 15.3 Å². The summed E-state index contributed by atoms with van der Waals surface area (Å²) in [5.74, 6) is 1.94. The molecule has 1 aromatic carbocycles. The van der Waals surface area contributed by atoms with Crippen LogP contribution in [0.15, 0.2) is 36.7 Å². The van der Waals surface area contributed by atoms with E-state index in [1.807, 2.05) is 36.7 Å². The van der Waals surface area contributed by atoms with Gasteiger partial charge in [0.1, 0.15) is 11.4 Å². The molecule has 1 saturated carbocycles. The second kappa shape index (κ2) is 9.03. The number of hydrogen-bond acceptors (Lipinski definition) is 7. The van der Waals surface area contributed by atoms with Crippen LogP contribution in [0.1, 0.15) is 75.6 Å². The van der Waals surface area contributed by atoms with E-state index in [2.05, 4.69) is 24.5 Å². The Balaban J connectivity index is 1.41. The molecule has 0 unspecified atom stereocenters. The summed E-state index contributed by atoms with van der Waals surface area (Å²) in [7, 11) is 0. The molecule has 0 N–H and O–H groups in total. The van der Waals surface area contributed by atoms with Gasteiger partial charge < -0.3 is 9.57 Å². The van der Waals surface area contributed by atoms with E-state index in [9.17, 15) is 4.79 Å². The van der Waals surface area contributed by atoms with Gasteiger partial charge in [0.15, 0.2) is 5.82 Å². The standard InChI is InChI=1S/C24H29ClN6O3/c1-24(2,3)33-23(32)34-29-14-17-13-18(25)7-10-20(17)31-21(15-29)27-28-22(31)16-5-8-19(9-6-16)30-12-4-11-26-30/h4,7,10-13,16,19H,5-6,8-9,14-15H2,1-3H3/t16-,19-. The van der Waals surface area contributed by atoms with E-state index in [0.717, 1.165) is 42.8 Å². The highest BCUT2D eigenvalue weighted by Crippen LogP contribution is 2.39. The van der Waals surface area contributed by atoms with Crippen LogP contribution in [0.3, 0.4) is 0 Å². The van der Waals surface area contributed by atoms with Crippen molar-refractivity contribution in [2.75, 3.05) is 0 Å². The van der Waals surface area contributed by atoms with Crippen LogP contribution in [0.4, 0.5) is 4.79 Å². The van der Waals surface area contributed by atoms with E-state index in [4.69, 9.17) is 21.2 Å². The number of fused-ring (bicyclic) bond motifs is 3. The SMILES string of the molecule is CC(C)(C)OC(=O)ON1Cc2cc(Cl)ccc2-n2c(nnc2[C@H]2CC[C@H](n3cccn3)CC2)C1. The van der Waals surface area contributed by atoms with Crippen LogP contribution in [0.2, 0.25) is 5.02 Å². The van der Waals surface area contributed by atoms with Gasteiger partial charge in [-0.3, -0.25) is 9.25 Å². The summed E-state index contributed by atoms with van der Waals surface area (Å²) >= 11 is 6.33. The Bertz CT molecular complexity index is 1160. The van der Waals surface area contributed by atoms with Gasteiger partial charge in [-0.05, 0) is 76.3 Å². The van der Waals surface area contributed by atoms with E-state index in [1.54, 1.807) is 25.8 Å². The van der Waals surface area contributed by atoms with Gasteiger partial charge in [0.25, 0.3) is 0 Å². The first-order chi connectivity index (χ1) is 16.3. The maximum absolute atomic E-state index is 12.3. The molecule has 0 spiro atoms. The van der Waals surface area contributed by atoms with Crippen molar-refractivity contribution in [3.63, 3.8) is 0 Å². The van der Waals surface area contributed by atoms with Crippen molar-refractivity contribution in [2.45, 2.75) is 77.1 Å². The summed E-state index contributed by atoms with van der Waals surface area (Å²) in [6.07, 6.45) is 7.20. The van der Waals surface area contributed by atoms with Gasteiger partial charge >= 0.3 is 6.16 Å². The average molecular weight is 485 g/mol. The van der Waals surface area contributed by atoms with Gasteiger partial charge in [0.2, 0.25) is 0 Å². The molecular formula is C24H29ClN6O3. The van der Waals surface area contributed by atoms with Gasteiger partial charge in [0, 0.05) is 23.3 Å². The molecule has 5 rings (SSSR count). The van der Waals surface area contributed by atoms with Crippen molar-refractivity contribution in [1.82, 2.24) is 29.6 Å². The Morgan fingerprint density at radius 2 is 1.91 bits per heavy atom. The minimum absolute atomic E-state index is 0.287. The van der Waals surface area contributed by atoms with Crippen molar-refractivity contribution in [3.8, 4) is 5.69 Å². The molecule has 0 bridgehead atoms. The van der Waals surface area contributed by atoms with Crippen molar-refractivity contribution in [2.24, 2.45) is 0 Å². The Kier molecular flexibility index (Phi) is 6.07. The molecule has 9 nitrogen and oxygen atoms in total. The Morgan fingerprint density at radius 3 is 2.62 bits per heavy atom. The summed E-state index contributed by atoms with van der Waals surface area (Å²) in [5, 5.41) is 15.7. The van der Waals surface area contributed by atoms with Crippen molar-refractivity contribution < 1.29 is 14.4 Å². The molecule has 0 atom stereocenters. The number of aromatic nitrogens is 5. The number of carbonyl (C=O) groups is 1. The van der Waals surface area contributed by atoms with Crippen molar-refractivity contribution >= 4 is 17.8 Å². The summed E-state index contributed by atoms with van der Waals surface area (Å²) in [5.41, 5.74) is 1.25. The molecule has 1 fully saturated rings. The van der Waals surface area contributed by atoms with E-state index in [1.165, 1.54) is 0 Å². The molecule has 0 radical (unpaired) electrons. The zero-order valence-corrected chi connectivity index (χ0v) is 20.4. The summed E-state index contributed by atoms with van der Waals surface area (Å²) in [4.78, 5) is 17.9. The predicted molar refractivity (Wildman–Crippen MR) is 125 cm³/mol. The third-order valence-electron chi connectivity index (χ3n) is 6.26. The Morgan fingerprint density at radius 1 is 1.12 bits per heavy atom. The number of carbonyl (C=O) groups excluding carboxylic acids is 1. The quantitative estimate of drug-likeness (QED) is 0.472. The van der Waals surface area contributed by atoms with Gasteiger partial charge in [-0.2, -0.15) is 5.10 Å². The van der Waals surface area contributed by atoms with E-state index >= 15 is 0 Å². The Labute approximate surface area is 203 Å². The van der Waals surface area contributed by atoms with Crippen LogP contribution in [0, 0.1) is 0 Å². The smallest absolute Gasteiger partial charge is 0.427 e. The number of ether oxygens (including phenoxy) is 1. The largest absolute Gasteiger partial charge is 0.528 e. The molecule has 34 heavy (non-hydrogen) atoms. The summed E-state index contributed by atoms with van der Waals surface area (Å²) in [6.45, 7) is 6.06. The fourth-order valence-electron chi connectivity index (χ4n) is 4.80. The minimum atomic E-state index is -0.749. The molecule has 3 heterocycles. The van der Waals surface area contributed by atoms with Crippen LogP contribution >= 0.6 is 11.6 Å². The normalized spacial score (nSPS) is 20.8. The fraction of sp³-hybridized carbons (Fsp3) is 0.500. The Hall–Kier alpha value is -2.91. The van der Waals surface area contributed by atoms with Gasteiger partial charge in [0.05, 0.1) is 24.8 Å². The van der Waals surface area contributed by atoms with E-state index in [-0.39, 0.29) is 5.92 Å². The highest BCUT2D eigenvalue weighted by Gasteiger charge is 2.32. The van der Waals surface area contributed by atoms with Gasteiger partial charge in [-0.25, -0.2) is 4.79 Å². The zero-order valence-electron chi connectivity index (χ0n) is 19.6. The van der Waals surface area contributed by atoms with Crippen molar-refractivity contribution in [3.05, 3.63) is 58.9 Å². The van der Waals surface area contributed by atoms with Crippen LogP contribution < -0.4 is 0 Å². The molecule has 2 aromatic heterocycles. The second-order valence-corrected chi connectivity index (χ2v) is 10.4. The van der Waals surface area contributed by atoms with Crippen LogP contribution in [0.5, 0.6) is 0 Å². The average Bonchev–Trinajstić information content (AvgIpc) is 3.41. The van der Waals surface area contributed by atoms with Crippen LogP contribution in [-0.4, -0.2) is 41.4 Å². The number of benzene rings is 1. The molecule has 1 aliphatic heterocycles. The monoisotopic (exact) mass is 484 g/mol. The van der Waals surface area contributed by atoms with Crippen molar-refractivity contribution in [1.29, 1.82) is 0 Å². The minimum Gasteiger partial charge on any atom is -0.427 e. The van der Waals surface area contributed by atoms with Crippen LogP contribution in [-0.2, 0) is 22.7 Å². The third-order valence-corrected chi connectivity index (χ3v) is 6.49. The van der Waals surface area contributed by atoms with Crippen LogP contribution in [0.25, 0.3) is 5.69 Å². The highest BCUT2D eigenvalue weighted by atomic mass is 35.5. The first kappa shape index (κ1) is 22.9. The molecule has 2 aliphatic rings. The lowest BCUT2D eigenvalue weighted by Crippen LogP contribution is -2.31. The molecular weight excluding hydrogens is 456 g/mol. The molecule has 1 aliphatic carbocycles. The maximum Gasteiger partial charge on any atom is 0.528 e. The number of hydroxylamine groups is 2. The topological polar surface area (TPSA) is 87.3 Å². The second-order valence-electron chi connectivity index (χ2n) is 9.93. The molecule has 0 saturated heterocycles. The summed E-state index contributed by atoms with van der Waals surface area (Å²) in [6, 6.07) is 8.14. The third kappa shape index (κ3) is 4.81. The molecule has 3 aromatic rings. The number of rotatable bonds is 3. The molecule has 0 amide bonds. The number of hydrogen-bond donors (Lipinski definition) is 0. The molecule has 10 heteroatoms. The van der Waals surface area contributed by atoms with E-state index < -0.39 is 11.8 Å². The highest BCUT2D eigenvalue weighted by molar-refractivity contribution is 6.30. The zero-order chi connectivity index (χ0) is 23.9. The lowest BCUT2D eigenvalue weighted by atomic mass is 9.85. The number of nitrogens with zero attached hydrogens (tertiary/aromatic N) is 6. The first-order valence-electron chi connectivity index (χ1n) is 11.6. The fourth-order valence-corrected chi connectivity index (χ4v) is 4.99.